The topological polar surface area (TPSA) is 64.9 Å². The summed E-state index contributed by atoms with van der Waals surface area (Å²) >= 11 is 0. The molecule has 1 aliphatic rings. The molecule has 1 atom stereocenters. The van der Waals surface area contributed by atoms with Crippen molar-refractivity contribution in [2.24, 2.45) is 0 Å². The van der Waals surface area contributed by atoms with E-state index >= 15 is 0 Å². The first-order valence-corrected chi connectivity index (χ1v) is 7.01. The Bertz CT molecular complexity index is 547. The molecule has 6 nitrogen and oxygen atoms in total. The number of rotatable bonds is 3. The highest BCUT2D eigenvalue weighted by molar-refractivity contribution is 5.53. The van der Waals surface area contributed by atoms with Crippen LogP contribution in [0.15, 0.2) is 24.5 Å². The average Bonchev–Trinajstić information content (AvgIpc) is 2.85. The zero-order valence-corrected chi connectivity index (χ0v) is 11.6. The Morgan fingerprint density at radius 1 is 1.30 bits per heavy atom. The van der Waals surface area contributed by atoms with Gasteiger partial charge in [0, 0.05) is 24.9 Å². The normalized spacial score (nSPS) is 19.6. The Balaban J connectivity index is 1.73. The lowest BCUT2D eigenvalue weighted by molar-refractivity contribution is 0.144. The Hall–Kier alpha value is -1.95. The molecule has 2 heterocycles. The smallest absolute Gasteiger partial charge is 0.143 e. The summed E-state index contributed by atoms with van der Waals surface area (Å²) in [6.45, 7) is 3.80. The van der Waals surface area contributed by atoms with Crippen molar-refractivity contribution in [1.29, 1.82) is 0 Å². The fourth-order valence-corrected chi connectivity index (χ4v) is 2.56. The molecule has 1 saturated heterocycles. The maximum atomic E-state index is 5.49. The summed E-state index contributed by atoms with van der Waals surface area (Å²) in [5.41, 5.74) is 3.29. The van der Waals surface area contributed by atoms with Crippen LogP contribution in [-0.4, -0.2) is 39.5 Å². The largest absolute Gasteiger partial charge is 0.382 e. The summed E-state index contributed by atoms with van der Waals surface area (Å²) in [7, 11) is 0. The third-order valence-electron chi connectivity index (χ3n) is 3.62. The van der Waals surface area contributed by atoms with Crippen LogP contribution >= 0.6 is 0 Å². The van der Waals surface area contributed by atoms with E-state index in [9.17, 15) is 0 Å². The molecule has 3 rings (SSSR count). The fraction of sp³-hybridized carbons (Fsp3) is 0.500. The van der Waals surface area contributed by atoms with Gasteiger partial charge in [0.2, 0.25) is 0 Å². The zero-order valence-electron chi connectivity index (χ0n) is 11.6. The van der Waals surface area contributed by atoms with E-state index in [4.69, 9.17) is 4.74 Å². The summed E-state index contributed by atoms with van der Waals surface area (Å²) in [4.78, 5) is 0. The van der Waals surface area contributed by atoms with Gasteiger partial charge in [0.25, 0.3) is 0 Å². The molecule has 20 heavy (non-hydrogen) atoms. The van der Waals surface area contributed by atoms with Crippen molar-refractivity contribution < 1.29 is 4.74 Å². The first kappa shape index (κ1) is 13.1. The first-order valence-electron chi connectivity index (χ1n) is 7.01. The van der Waals surface area contributed by atoms with Gasteiger partial charge in [-0.1, -0.05) is 0 Å². The number of anilines is 1. The number of ether oxygens (including phenoxy) is 1. The van der Waals surface area contributed by atoms with Crippen molar-refractivity contribution in [1.82, 2.24) is 20.2 Å². The third kappa shape index (κ3) is 2.96. The van der Waals surface area contributed by atoms with Gasteiger partial charge in [-0.15, -0.1) is 5.10 Å². The summed E-state index contributed by atoms with van der Waals surface area (Å²) in [6.07, 6.45) is 4.96. The standard InChI is InChI=1S/C14H19N5O/c1-11-9-13(16-12-3-2-7-20-8-6-12)4-5-14(11)19-10-15-17-18-19/h4-5,9-10,12,16H,2-3,6-8H2,1H3. The molecule has 1 aromatic heterocycles. The number of benzene rings is 1. The second-order valence-corrected chi connectivity index (χ2v) is 5.14. The van der Waals surface area contributed by atoms with E-state index in [1.807, 2.05) is 6.07 Å². The van der Waals surface area contributed by atoms with Crippen LogP contribution in [0.2, 0.25) is 0 Å². The van der Waals surface area contributed by atoms with Gasteiger partial charge >= 0.3 is 0 Å². The molecule has 2 aromatic rings. The molecule has 0 radical (unpaired) electrons. The SMILES string of the molecule is Cc1cc(NC2CCCOCC2)ccc1-n1cnnn1. The highest BCUT2D eigenvalue weighted by Gasteiger charge is 2.12. The van der Waals surface area contributed by atoms with E-state index in [1.54, 1.807) is 11.0 Å². The molecule has 1 unspecified atom stereocenters. The van der Waals surface area contributed by atoms with E-state index < -0.39 is 0 Å². The molecule has 106 valence electrons. The lowest BCUT2D eigenvalue weighted by Crippen LogP contribution is -2.19. The van der Waals surface area contributed by atoms with Crippen molar-refractivity contribution in [2.45, 2.75) is 32.2 Å². The van der Waals surface area contributed by atoms with E-state index in [2.05, 4.69) is 39.9 Å². The lowest BCUT2D eigenvalue weighted by atomic mass is 10.1. The van der Waals surface area contributed by atoms with Crippen LogP contribution in [0.25, 0.3) is 5.69 Å². The highest BCUT2D eigenvalue weighted by Crippen LogP contribution is 2.20. The number of aromatic nitrogens is 4. The number of tetrazole rings is 1. The molecular weight excluding hydrogens is 254 g/mol. The van der Waals surface area contributed by atoms with Crippen molar-refractivity contribution in [3.63, 3.8) is 0 Å². The molecule has 0 aliphatic carbocycles. The Morgan fingerprint density at radius 2 is 2.25 bits per heavy atom. The van der Waals surface area contributed by atoms with E-state index in [1.165, 1.54) is 0 Å². The molecule has 6 heteroatoms. The van der Waals surface area contributed by atoms with Crippen LogP contribution in [0.5, 0.6) is 0 Å². The van der Waals surface area contributed by atoms with Crippen molar-refractivity contribution in [2.75, 3.05) is 18.5 Å². The highest BCUT2D eigenvalue weighted by atomic mass is 16.5. The van der Waals surface area contributed by atoms with Gasteiger partial charge in [-0.05, 0) is 60.4 Å². The van der Waals surface area contributed by atoms with Gasteiger partial charge in [-0.2, -0.15) is 0 Å². The van der Waals surface area contributed by atoms with Gasteiger partial charge in [0.05, 0.1) is 5.69 Å². The van der Waals surface area contributed by atoms with Gasteiger partial charge < -0.3 is 10.1 Å². The van der Waals surface area contributed by atoms with E-state index in [-0.39, 0.29) is 0 Å². The maximum absolute atomic E-state index is 5.49. The summed E-state index contributed by atoms with van der Waals surface area (Å²) in [5, 5.41) is 14.9. The predicted molar refractivity (Wildman–Crippen MR) is 76.0 cm³/mol. The van der Waals surface area contributed by atoms with Crippen LogP contribution in [0.1, 0.15) is 24.8 Å². The second-order valence-electron chi connectivity index (χ2n) is 5.14. The van der Waals surface area contributed by atoms with Crippen molar-refractivity contribution in [3.8, 4) is 5.69 Å². The molecule has 0 bridgehead atoms. The molecular formula is C14H19N5O. The number of nitrogens with zero attached hydrogens (tertiary/aromatic N) is 4. The second kappa shape index (κ2) is 6.00. The predicted octanol–water partition coefficient (Wildman–Crippen LogP) is 1.95. The van der Waals surface area contributed by atoms with Crippen LogP contribution in [0.3, 0.4) is 0 Å². The Kier molecular flexibility index (Phi) is 3.92. The molecule has 0 saturated carbocycles. The van der Waals surface area contributed by atoms with E-state index in [0.717, 1.165) is 49.4 Å². The summed E-state index contributed by atoms with van der Waals surface area (Å²) in [5.74, 6) is 0. The maximum Gasteiger partial charge on any atom is 0.143 e. The molecule has 0 spiro atoms. The van der Waals surface area contributed by atoms with Gasteiger partial charge in [-0.25, -0.2) is 4.68 Å². The summed E-state index contributed by atoms with van der Waals surface area (Å²) < 4.78 is 7.17. The van der Waals surface area contributed by atoms with Crippen molar-refractivity contribution >= 4 is 5.69 Å². The van der Waals surface area contributed by atoms with Crippen molar-refractivity contribution in [3.05, 3.63) is 30.1 Å². The minimum Gasteiger partial charge on any atom is -0.382 e. The van der Waals surface area contributed by atoms with Gasteiger partial charge in [0.1, 0.15) is 6.33 Å². The molecule has 1 aliphatic heterocycles. The van der Waals surface area contributed by atoms with Gasteiger partial charge in [0.15, 0.2) is 0 Å². The van der Waals surface area contributed by atoms with Gasteiger partial charge in [-0.3, -0.25) is 0 Å². The first-order chi connectivity index (χ1) is 9.83. The van der Waals surface area contributed by atoms with Crippen LogP contribution in [0.4, 0.5) is 5.69 Å². The average molecular weight is 273 g/mol. The van der Waals surface area contributed by atoms with Crippen LogP contribution < -0.4 is 5.32 Å². The lowest BCUT2D eigenvalue weighted by Gasteiger charge is -2.18. The number of hydrogen-bond donors (Lipinski definition) is 1. The number of hydrogen-bond acceptors (Lipinski definition) is 5. The number of nitrogens with one attached hydrogen (secondary N) is 1. The molecule has 1 N–H and O–H groups in total. The molecule has 1 fully saturated rings. The zero-order chi connectivity index (χ0) is 13.8. The van der Waals surface area contributed by atoms with E-state index in [0.29, 0.717) is 6.04 Å². The monoisotopic (exact) mass is 273 g/mol. The Morgan fingerprint density at radius 3 is 3.05 bits per heavy atom. The summed E-state index contributed by atoms with van der Waals surface area (Å²) in [6, 6.07) is 6.76. The van der Waals surface area contributed by atoms with Crippen LogP contribution in [0, 0.1) is 6.92 Å². The quantitative estimate of drug-likeness (QED) is 0.926. The third-order valence-corrected chi connectivity index (χ3v) is 3.62. The fourth-order valence-electron chi connectivity index (χ4n) is 2.56. The minimum absolute atomic E-state index is 0.496. The Labute approximate surface area is 118 Å². The molecule has 1 aromatic carbocycles. The minimum atomic E-state index is 0.496. The number of aryl methyl sites for hydroxylation is 1. The van der Waals surface area contributed by atoms with Crippen LogP contribution in [-0.2, 0) is 4.74 Å². The molecule has 0 amide bonds.